The number of piperidine rings is 1. The first kappa shape index (κ1) is 15.9. The van der Waals surface area contributed by atoms with Gasteiger partial charge in [0.1, 0.15) is 0 Å². The van der Waals surface area contributed by atoms with Crippen LogP contribution in [0, 0.1) is 5.92 Å². The Hall–Kier alpha value is -2.44. The molecule has 0 spiro atoms. The molecule has 1 saturated heterocycles. The maximum absolute atomic E-state index is 12.2. The molecule has 1 aromatic rings. The number of hydrogen-bond donors (Lipinski definition) is 1. The molecule has 0 aliphatic carbocycles. The minimum absolute atomic E-state index is 0.0620. The Kier molecular flexibility index (Phi) is 5.08. The second-order valence-corrected chi connectivity index (χ2v) is 5.41. The third-order valence-electron chi connectivity index (χ3n) is 3.77. The van der Waals surface area contributed by atoms with E-state index < -0.39 is 11.9 Å². The number of carbonyl (C=O) groups excluding carboxylic acids is 2. The number of aromatic nitrogens is 1. The number of aliphatic carboxylic acids is 1. The van der Waals surface area contributed by atoms with Crippen LogP contribution < -0.4 is 0 Å². The normalized spacial score (nSPS) is 17.9. The molecule has 1 unspecified atom stereocenters. The molecule has 22 heavy (non-hydrogen) atoms. The van der Waals surface area contributed by atoms with Crippen LogP contribution in [0.5, 0.6) is 0 Å². The highest BCUT2D eigenvalue weighted by molar-refractivity contribution is 5.96. The average molecular weight is 305 g/mol. The van der Waals surface area contributed by atoms with Gasteiger partial charge in [-0.3, -0.25) is 19.4 Å². The van der Waals surface area contributed by atoms with Gasteiger partial charge in [0, 0.05) is 38.1 Å². The first-order valence-corrected chi connectivity index (χ1v) is 7.15. The van der Waals surface area contributed by atoms with Crippen LogP contribution in [0.3, 0.4) is 0 Å². The Labute approximate surface area is 128 Å². The lowest BCUT2D eigenvalue weighted by Gasteiger charge is -2.32. The molecule has 1 atom stereocenters. The van der Waals surface area contributed by atoms with Crippen LogP contribution in [-0.4, -0.2) is 64.4 Å². The van der Waals surface area contributed by atoms with E-state index in [-0.39, 0.29) is 24.9 Å². The standard InChI is InChI=1S/C15H19N3O4/c1-17(14(20)11-4-6-16-7-5-11)10-13(19)18-8-2-3-12(9-18)15(21)22/h4-7,12H,2-3,8-10H2,1H3,(H,21,22). The van der Waals surface area contributed by atoms with E-state index in [1.807, 2.05) is 0 Å². The number of pyridine rings is 1. The van der Waals surface area contributed by atoms with Gasteiger partial charge in [-0.25, -0.2) is 0 Å². The van der Waals surface area contributed by atoms with E-state index in [0.717, 1.165) is 0 Å². The van der Waals surface area contributed by atoms with Crippen molar-refractivity contribution in [3.8, 4) is 0 Å². The molecule has 0 aromatic carbocycles. The van der Waals surface area contributed by atoms with Crippen molar-refractivity contribution in [2.24, 2.45) is 5.92 Å². The van der Waals surface area contributed by atoms with Gasteiger partial charge in [0.2, 0.25) is 5.91 Å². The maximum atomic E-state index is 12.2. The van der Waals surface area contributed by atoms with E-state index in [2.05, 4.69) is 4.98 Å². The number of nitrogens with zero attached hydrogens (tertiary/aromatic N) is 3. The highest BCUT2D eigenvalue weighted by Crippen LogP contribution is 2.17. The second kappa shape index (κ2) is 7.02. The van der Waals surface area contributed by atoms with Crippen molar-refractivity contribution in [1.82, 2.24) is 14.8 Å². The molecule has 1 aromatic heterocycles. The van der Waals surface area contributed by atoms with E-state index in [0.29, 0.717) is 24.9 Å². The van der Waals surface area contributed by atoms with Crippen molar-refractivity contribution in [1.29, 1.82) is 0 Å². The van der Waals surface area contributed by atoms with Crippen LogP contribution in [0.1, 0.15) is 23.2 Å². The molecule has 0 bridgehead atoms. The van der Waals surface area contributed by atoms with Gasteiger partial charge >= 0.3 is 5.97 Å². The first-order valence-electron chi connectivity index (χ1n) is 7.15. The molecule has 2 rings (SSSR count). The van der Waals surface area contributed by atoms with Gasteiger partial charge in [-0.15, -0.1) is 0 Å². The number of rotatable bonds is 4. The minimum atomic E-state index is -0.876. The van der Waals surface area contributed by atoms with Crippen molar-refractivity contribution < 1.29 is 19.5 Å². The number of amides is 2. The molecule has 2 amide bonds. The molecule has 0 radical (unpaired) electrons. The summed E-state index contributed by atoms with van der Waals surface area (Å²) in [5, 5.41) is 9.05. The van der Waals surface area contributed by atoms with Gasteiger partial charge in [-0.1, -0.05) is 0 Å². The second-order valence-electron chi connectivity index (χ2n) is 5.41. The molecule has 7 heteroatoms. The highest BCUT2D eigenvalue weighted by Gasteiger charge is 2.29. The van der Waals surface area contributed by atoms with Crippen LogP contribution in [0.25, 0.3) is 0 Å². The molecular weight excluding hydrogens is 286 g/mol. The first-order chi connectivity index (χ1) is 10.5. The van der Waals surface area contributed by atoms with Crippen LogP contribution in [0.15, 0.2) is 24.5 Å². The third kappa shape index (κ3) is 3.81. The van der Waals surface area contributed by atoms with Gasteiger partial charge in [0.25, 0.3) is 5.91 Å². The number of carboxylic acid groups (broad SMARTS) is 1. The van der Waals surface area contributed by atoms with Crippen LogP contribution in [0.2, 0.25) is 0 Å². The zero-order valence-electron chi connectivity index (χ0n) is 12.4. The monoisotopic (exact) mass is 305 g/mol. The largest absolute Gasteiger partial charge is 0.481 e. The Morgan fingerprint density at radius 3 is 2.68 bits per heavy atom. The van der Waals surface area contributed by atoms with Crippen LogP contribution in [0.4, 0.5) is 0 Å². The summed E-state index contributed by atoms with van der Waals surface area (Å²) in [7, 11) is 1.55. The summed E-state index contributed by atoms with van der Waals surface area (Å²) in [5.41, 5.74) is 0.465. The topological polar surface area (TPSA) is 90.8 Å². The molecule has 0 saturated carbocycles. The predicted molar refractivity (Wildman–Crippen MR) is 78.1 cm³/mol. The van der Waals surface area contributed by atoms with Crippen LogP contribution in [-0.2, 0) is 9.59 Å². The lowest BCUT2D eigenvalue weighted by Crippen LogP contribution is -2.46. The summed E-state index contributed by atoms with van der Waals surface area (Å²) in [6.45, 7) is 0.693. The average Bonchev–Trinajstić information content (AvgIpc) is 2.54. The summed E-state index contributed by atoms with van der Waals surface area (Å²) in [6, 6.07) is 3.18. The molecular formula is C15H19N3O4. The smallest absolute Gasteiger partial charge is 0.308 e. The van der Waals surface area contributed by atoms with Gasteiger partial charge in [-0.05, 0) is 25.0 Å². The van der Waals surface area contributed by atoms with Crippen molar-refractivity contribution in [3.05, 3.63) is 30.1 Å². The Morgan fingerprint density at radius 1 is 1.36 bits per heavy atom. The molecule has 2 heterocycles. The third-order valence-corrected chi connectivity index (χ3v) is 3.77. The molecule has 1 aliphatic heterocycles. The van der Waals surface area contributed by atoms with E-state index in [1.165, 1.54) is 22.2 Å². The lowest BCUT2D eigenvalue weighted by molar-refractivity contribution is -0.145. The van der Waals surface area contributed by atoms with E-state index >= 15 is 0 Å². The summed E-state index contributed by atoms with van der Waals surface area (Å²) >= 11 is 0. The molecule has 1 N–H and O–H groups in total. The summed E-state index contributed by atoms with van der Waals surface area (Å²) < 4.78 is 0. The van der Waals surface area contributed by atoms with E-state index in [1.54, 1.807) is 19.2 Å². The van der Waals surface area contributed by atoms with Crippen molar-refractivity contribution >= 4 is 17.8 Å². The molecule has 1 aliphatic rings. The Morgan fingerprint density at radius 2 is 2.05 bits per heavy atom. The Bertz CT molecular complexity index is 561. The number of likely N-dealkylation sites (tertiary alicyclic amines) is 1. The Balaban J connectivity index is 1.93. The minimum Gasteiger partial charge on any atom is -0.481 e. The fourth-order valence-corrected chi connectivity index (χ4v) is 2.49. The van der Waals surface area contributed by atoms with Crippen molar-refractivity contribution in [3.63, 3.8) is 0 Å². The zero-order valence-corrected chi connectivity index (χ0v) is 12.4. The van der Waals surface area contributed by atoms with Crippen LogP contribution >= 0.6 is 0 Å². The number of hydrogen-bond acceptors (Lipinski definition) is 4. The maximum Gasteiger partial charge on any atom is 0.308 e. The fourth-order valence-electron chi connectivity index (χ4n) is 2.49. The highest BCUT2D eigenvalue weighted by atomic mass is 16.4. The van der Waals surface area contributed by atoms with E-state index in [9.17, 15) is 14.4 Å². The SMILES string of the molecule is CN(CC(=O)N1CCCC(C(=O)O)C1)C(=O)c1ccncc1. The lowest BCUT2D eigenvalue weighted by atomic mass is 9.98. The number of carboxylic acids is 1. The van der Waals surface area contributed by atoms with Crippen molar-refractivity contribution in [2.45, 2.75) is 12.8 Å². The van der Waals surface area contributed by atoms with Gasteiger partial charge < -0.3 is 14.9 Å². The molecule has 7 nitrogen and oxygen atoms in total. The van der Waals surface area contributed by atoms with Gasteiger partial charge in [0.05, 0.1) is 12.5 Å². The number of likely N-dealkylation sites (N-methyl/N-ethyl adjacent to an activating group) is 1. The predicted octanol–water partition coefficient (Wildman–Crippen LogP) is 0.477. The molecule has 1 fully saturated rings. The molecule has 118 valence electrons. The number of carbonyl (C=O) groups is 3. The van der Waals surface area contributed by atoms with Gasteiger partial charge in [0.15, 0.2) is 0 Å². The summed E-state index contributed by atoms with van der Waals surface area (Å²) in [6.07, 6.45) is 4.30. The summed E-state index contributed by atoms with van der Waals surface area (Å²) in [5.74, 6) is -1.88. The van der Waals surface area contributed by atoms with Crippen molar-refractivity contribution in [2.75, 3.05) is 26.7 Å². The zero-order chi connectivity index (χ0) is 16.1. The van der Waals surface area contributed by atoms with E-state index in [4.69, 9.17) is 5.11 Å². The summed E-state index contributed by atoms with van der Waals surface area (Å²) in [4.78, 5) is 42.1. The quantitative estimate of drug-likeness (QED) is 0.873. The fraction of sp³-hybridized carbons (Fsp3) is 0.467. The van der Waals surface area contributed by atoms with Gasteiger partial charge in [-0.2, -0.15) is 0 Å².